The molecule has 0 aromatic heterocycles. The molecule has 0 radical (unpaired) electrons. The maximum Gasteiger partial charge on any atom is 0.421 e. The lowest BCUT2D eigenvalue weighted by Crippen LogP contribution is -3.00. The van der Waals surface area contributed by atoms with Crippen molar-refractivity contribution >= 4 is 28.9 Å². The van der Waals surface area contributed by atoms with Crippen molar-refractivity contribution in [3.8, 4) is 0 Å². The van der Waals surface area contributed by atoms with Crippen LogP contribution < -0.4 is 12.4 Å². The third-order valence-corrected chi connectivity index (χ3v) is 1.65. The highest BCUT2D eigenvalue weighted by Gasteiger charge is 2.15. The van der Waals surface area contributed by atoms with Crippen LogP contribution in [0.3, 0.4) is 0 Å². The van der Waals surface area contributed by atoms with Gasteiger partial charge in [-0.15, -0.1) is 0 Å². The molecular formula is C6H3Cl3N2. The summed E-state index contributed by atoms with van der Waals surface area (Å²) in [5.74, 6) is 0. The second-order valence-corrected chi connectivity index (χ2v) is 2.48. The number of hydrogen-bond donors (Lipinski definition) is 0. The van der Waals surface area contributed by atoms with Crippen molar-refractivity contribution in [2.45, 2.75) is 0 Å². The Morgan fingerprint density at radius 3 is 1.91 bits per heavy atom. The first kappa shape index (κ1) is 10.5. The van der Waals surface area contributed by atoms with E-state index >= 15 is 0 Å². The first-order chi connectivity index (χ1) is 4.75. The lowest BCUT2D eigenvalue weighted by Gasteiger charge is -1.84. The van der Waals surface area contributed by atoms with Crippen LogP contribution in [0.5, 0.6) is 0 Å². The molecule has 11 heavy (non-hydrogen) atoms. The Bertz CT molecular complexity index is 272. The monoisotopic (exact) mass is 208 g/mol. The fraction of sp³-hybridized carbons (Fsp3) is 0. The van der Waals surface area contributed by atoms with Crippen molar-refractivity contribution in [2.24, 2.45) is 0 Å². The summed E-state index contributed by atoms with van der Waals surface area (Å²) in [6.45, 7) is 0. The zero-order chi connectivity index (χ0) is 7.56. The Hall–Kier alpha value is -0.490. The smallest absolute Gasteiger partial charge is 0.421 e. The molecule has 0 heterocycles. The molecule has 0 atom stereocenters. The van der Waals surface area contributed by atoms with Gasteiger partial charge in [-0.3, -0.25) is 0 Å². The van der Waals surface area contributed by atoms with Crippen molar-refractivity contribution in [1.29, 1.82) is 5.39 Å². The summed E-state index contributed by atoms with van der Waals surface area (Å²) in [5, 5.41) is 9.04. The maximum absolute atomic E-state index is 8.36. The second-order valence-electron chi connectivity index (χ2n) is 1.67. The van der Waals surface area contributed by atoms with Crippen molar-refractivity contribution in [3.05, 3.63) is 33.2 Å². The molecule has 0 aliphatic rings. The van der Waals surface area contributed by atoms with Gasteiger partial charge in [0.2, 0.25) is 5.39 Å². The number of hydrogen-bond acceptors (Lipinski definition) is 1. The Balaban J connectivity index is 0.000001000. The third kappa shape index (κ3) is 2.23. The molecule has 1 aromatic carbocycles. The first-order valence-electron chi connectivity index (χ1n) is 2.55. The van der Waals surface area contributed by atoms with Gasteiger partial charge in [0.1, 0.15) is 10.0 Å². The number of rotatable bonds is 0. The number of benzene rings is 1. The average molecular weight is 209 g/mol. The van der Waals surface area contributed by atoms with Crippen LogP contribution in [0.25, 0.3) is 4.98 Å². The summed E-state index contributed by atoms with van der Waals surface area (Å²) < 4.78 is 0. The first-order valence-corrected chi connectivity index (χ1v) is 3.30. The topological polar surface area (TPSA) is 28.1 Å². The zero-order valence-corrected chi connectivity index (χ0v) is 7.53. The van der Waals surface area contributed by atoms with Crippen LogP contribution in [0.4, 0.5) is 5.69 Å². The Labute approximate surface area is 80.2 Å². The lowest BCUT2D eigenvalue weighted by atomic mass is 10.3. The molecular weight excluding hydrogens is 206 g/mol. The number of nitrogens with zero attached hydrogens (tertiary/aromatic N) is 2. The van der Waals surface area contributed by atoms with Crippen LogP contribution in [-0.4, -0.2) is 0 Å². The third-order valence-electron chi connectivity index (χ3n) is 1.04. The summed E-state index contributed by atoms with van der Waals surface area (Å²) in [7, 11) is 0. The molecule has 0 spiro atoms. The number of diazo groups is 1. The fourth-order valence-electron chi connectivity index (χ4n) is 0.585. The van der Waals surface area contributed by atoms with Crippen LogP contribution in [0, 0.1) is 5.39 Å². The van der Waals surface area contributed by atoms with E-state index in [-0.39, 0.29) is 18.1 Å². The Morgan fingerprint density at radius 2 is 1.64 bits per heavy atom. The van der Waals surface area contributed by atoms with Gasteiger partial charge < -0.3 is 12.4 Å². The predicted octanol–water partition coefficient (Wildman–Crippen LogP) is 0.482. The van der Waals surface area contributed by atoms with Gasteiger partial charge in [0.15, 0.2) is 4.98 Å². The molecule has 0 amide bonds. The zero-order valence-electron chi connectivity index (χ0n) is 5.26. The minimum absolute atomic E-state index is 0. The summed E-state index contributed by atoms with van der Waals surface area (Å²) in [4.78, 5) is 2.91. The highest BCUT2D eigenvalue weighted by atomic mass is 35.5. The van der Waals surface area contributed by atoms with Crippen molar-refractivity contribution < 1.29 is 12.4 Å². The Morgan fingerprint density at radius 1 is 1.18 bits per heavy atom. The van der Waals surface area contributed by atoms with Crippen LogP contribution in [0.1, 0.15) is 0 Å². The normalized spacial score (nSPS) is 8.09. The molecule has 2 nitrogen and oxygen atoms in total. The van der Waals surface area contributed by atoms with Gasteiger partial charge >= 0.3 is 5.69 Å². The van der Waals surface area contributed by atoms with E-state index in [1.165, 1.54) is 0 Å². The summed E-state index contributed by atoms with van der Waals surface area (Å²) >= 11 is 11.2. The van der Waals surface area contributed by atoms with Crippen LogP contribution in [0.2, 0.25) is 10.0 Å². The molecule has 58 valence electrons. The van der Waals surface area contributed by atoms with Gasteiger partial charge in [-0.1, -0.05) is 29.3 Å². The van der Waals surface area contributed by atoms with E-state index in [0.717, 1.165) is 0 Å². The van der Waals surface area contributed by atoms with E-state index in [4.69, 9.17) is 28.6 Å². The van der Waals surface area contributed by atoms with Gasteiger partial charge in [0.05, 0.1) is 0 Å². The van der Waals surface area contributed by atoms with E-state index in [2.05, 4.69) is 4.98 Å². The van der Waals surface area contributed by atoms with Crippen LogP contribution in [-0.2, 0) is 0 Å². The molecule has 0 saturated heterocycles. The van der Waals surface area contributed by atoms with E-state index in [0.29, 0.717) is 10.0 Å². The molecule has 0 fully saturated rings. The van der Waals surface area contributed by atoms with E-state index in [9.17, 15) is 0 Å². The summed E-state index contributed by atoms with van der Waals surface area (Å²) in [6, 6.07) is 4.88. The molecule has 0 bridgehead atoms. The largest absolute Gasteiger partial charge is 1.00 e. The van der Waals surface area contributed by atoms with Gasteiger partial charge in [0.25, 0.3) is 0 Å². The second kappa shape index (κ2) is 4.40. The van der Waals surface area contributed by atoms with Gasteiger partial charge in [-0.05, 0) is 12.1 Å². The molecule has 0 unspecified atom stereocenters. The Kier molecular flexibility index (Phi) is 4.20. The summed E-state index contributed by atoms with van der Waals surface area (Å²) in [5.41, 5.74) is 0.214. The van der Waals surface area contributed by atoms with Crippen LogP contribution in [0.15, 0.2) is 18.2 Å². The average Bonchev–Trinajstić information content (AvgIpc) is 1.88. The van der Waals surface area contributed by atoms with Crippen molar-refractivity contribution in [2.75, 3.05) is 0 Å². The van der Waals surface area contributed by atoms with E-state index in [1.807, 2.05) is 0 Å². The quantitative estimate of drug-likeness (QED) is 0.571. The van der Waals surface area contributed by atoms with Crippen LogP contribution >= 0.6 is 23.2 Å². The van der Waals surface area contributed by atoms with Gasteiger partial charge in [-0.2, -0.15) is 0 Å². The highest BCUT2D eigenvalue weighted by Crippen LogP contribution is 2.32. The molecule has 0 aliphatic carbocycles. The molecule has 0 aliphatic heterocycles. The minimum atomic E-state index is 0. The van der Waals surface area contributed by atoms with Crippen molar-refractivity contribution in [1.82, 2.24) is 0 Å². The number of halogens is 3. The standard InChI is InChI=1S/C6H3Cl2N2.ClH/c7-4-2-1-3-5(8)6(4)10-9;/h1-3H;1H/q+1;/p-1. The predicted molar refractivity (Wildman–Crippen MR) is 41.2 cm³/mol. The minimum Gasteiger partial charge on any atom is -1.00 e. The molecule has 5 heteroatoms. The molecule has 1 aromatic rings. The molecule has 0 saturated carbocycles. The maximum atomic E-state index is 8.36. The molecule has 0 N–H and O–H groups in total. The van der Waals surface area contributed by atoms with E-state index < -0.39 is 0 Å². The van der Waals surface area contributed by atoms with Gasteiger partial charge in [-0.25, -0.2) is 0 Å². The van der Waals surface area contributed by atoms with Crippen molar-refractivity contribution in [3.63, 3.8) is 0 Å². The highest BCUT2D eigenvalue weighted by molar-refractivity contribution is 6.39. The SMILES string of the molecule is N#[N+]c1c(Cl)cccc1Cl.[Cl-]. The fourth-order valence-corrected chi connectivity index (χ4v) is 1.06. The van der Waals surface area contributed by atoms with E-state index in [1.54, 1.807) is 18.2 Å². The molecule has 1 rings (SSSR count). The summed E-state index contributed by atoms with van der Waals surface area (Å²) in [6.07, 6.45) is 0. The van der Waals surface area contributed by atoms with Gasteiger partial charge in [0, 0.05) is 0 Å². The lowest BCUT2D eigenvalue weighted by molar-refractivity contribution is -0.00000205.